The van der Waals surface area contributed by atoms with Gasteiger partial charge >= 0.3 is 5.97 Å². The number of rotatable bonds is 6. The van der Waals surface area contributed by atoms with Crippen LogP contribution >= 0.6 is 15.9 Å². The van der Waals surface area contributed by atoms with Gasteiger partial charge in [0.1, 0.15) is 11.6 Å². The second kappa shape index (κ2) is 7.29. The second-order valence-electron chi connectivity index (χ2n) is 5.28. The molecule has 1 saturated carbocycles. The van der Waals surface area contributed by atoms with Gasteiger partial charge in [0.2, 0.25) is 0 Å². The number of nitrogens with zero attached hydrogens (tertiary/aromatic N) is 1. The van der Waals surface area contributed by atoms with E-state index in [1.54, 1.807) is 6.92 Å². The van der Waals surface area contributed by atoms with Gasteiger partial charge in [-0.05, 0) is 48.7 Å². The van der Waals surface area contributed by atoms with Crippen molar-refractivity contribution in [1.29, 1.82) is 0 Å². The van der Waals surface area contributed by atoms with E-state index in [-0.39, 0.29) is 22.7 Å². The molecule has 1 aromatic rings. The minimum atomic E-state index is -1.37. The standard InChI is InChI=1S/C16H16BrF2NO3/c1-3-23-16(22)11(7-20-9-4-5-9)15(21)10-6-12(18)13(17)8(2)14(10)19/h6-7,9,11H,3-5H2,1-2H3. The maximum Gasteiger partial charge on any atom is 0.322 e. The Morgan fingerprint density at radius 1 is 1.48 bits per heavy atom. The highest BCUT2D eigenvalue weighted by molar-refractivity contribution is 9.10. The Hall–Kier alpha value is -1.63. The Morgan fingerprint density at radius 2 is 2.13 bits per heavy atom. The number of carbonyl (C=O) groups excluding carboxylic acids is 2. The van der Waals surface area contributed by atoms with E-state index in [0.717, 1.165) is 18.9 Å². The summed E-state index contributed by atoms with van der Waals surface area (Å²) in [5, 5.41) is 0. The minimum Gasteiger partial charge on any atom is -0.465 e. The van der Waals surface area contributed by atoms with Crippen molar-refractivity contribution >= 4 is 33.9 Å². The van der Waals surface area contributed by atoms with Crippen LogP contribution in [0.5, 0.6) is 0 Å². The van der Waals surface area contributed by atoms with Crippen LogP contribution < -0.4 is 0 Å². The lowest BCUT2D eigenvalue weighted by Gasteiger charge is -2.13. The molecule has 124 valence electrons. The molecule has 1 aromatic carbocycles. The van der Waals surface area contributed by atoms with Gasteiger partial charge in [-0.15, -0.1) is 0 Å². The van der Waals surface area contributed by atoms with E-state index in [1.807, 2.05) is 0 Å². The van der Waals surface area contributed by atoms with Gasteiger partial charge in [-0.1, -0.05) is 0 Å². The Kier molecular flexibility index (Phi) is 5.62. The highest BCUT2D eigenvalue weighted by Gasteiger charge is 2.32. The topological polar surface area (TPSA) is 55.7 Å². The fourth-order valence-corrected chi connectivity index (χ4v) is 2.27. The summed E-state index contributed by atoms with van der Waals surface area (Å²) in [6.07, 6.45) is 2.97. The monoisotopic (exact) mass is 387 g/mol. The van der Waals surface area contributed by atoms with Crippen molar-refractivity contribution in [2.45, 2.75) is 32.7 Å². The molecular weight excluding hydrogens is 372 g/mol. The van der Waals surface area contributed by atoms with E-state index < -0.39 is 34.9 Å². The van der Waals surface area contributed by atoms with E-state index >= 15 is 0 Å². The minimum absolute atomic E-state index is 0.0323. The van der Waals surface area contributed by atoms with Crippen molar-refractivity contribution in [3.63, 3.8) is 0 Å². The third-order valence-corrected chi connectivity index (χ3v) is 4.43. The average molecular weight is 388 g/mol. The van der Waals surface area contributed by atoms with Crippen molar-refractivity contribution in [2.75, 3.05) is 6.61 Å². The zero-order chi connectivity index (χ0) is 17.1. The molecule has 1 unspecified atom stereocenters. The van der Waals surface area contributed by atoms with Gasteiger partial charge in [-0.3, -0.25) is 14.6 Å². The number of Topliss-reactive ketones (excluding diaryl/α,β-unsaturated/α-hetero) is 1. The van der Waals surface area contributed by atoms with Gasteiger partial charge in [-0.2, -0.15) is 0 Å². The van der Waals surface area contributed by atoms with Crippen LogP contribution in [0.25, 0.3) is 0 Å². The molecule has 0 aliphatic heterocycles. The molecule has 0 aromatic heterocycles. The van der Waals surface area contributed by atoms with Crippen molar-refractivity contribution in [1.82, 2.24) is 0 Å². The lowest BCUT2D eigenvalue weighted by Crippen LogP contribution is -2.29. The van der Waals surface area contributed by atoms with Crippen molar-refractivity contribution in [3.8, 4) is 0 Å². The van der Waals surface area contributed by atoms with Crippen LogP contribution in [0.1, 0.15) is 35.7 Å². The molecule has 7 heteroatoms. The van der Waals surface area contributed by atoms with Gasteiger partial charge in [-0.25, -0.2) is 8.78 Å². The van der Waals surface area contributed by atoms with Crippen LogP contribution in [0.3, 0.4) is 0 Å². The first kappa shape index (κ1) is 17.7. The van der Waals surface area contributed by atoms with E-state index in [2.05, 4.69) is 20.9 Å². The van der Waals surface area contributed by atoms with Crippen molar-refractivity contribution in [2.24, 2.45) is 10.9 Å². The number of halogens is 3. The van der Waals surface area contributed by atoms with Crippen LogP contribution in [-0.4, -0.2) is 30.6 Å². The summed E-state index contributed by atoms with van der Waals surface area (Å²) < 4.78 is 32.9. The molecule has 0 radical (unpaired) electrons. The number of hydrogen-bond acceptors (Lipinski definition) is 4. The molecule has 23 heavy (non-hydrogen) atoms. The van der Waals surface area contributed by atoms with Crippen LogP contribution in [0, 0.1) is 24.5 Å². The largest absolute Gasteiger partial charge is 0.465 e. The van der Waals surface area contributed by atoms with Crippen LogP contribution in [0.2, 0.25) is 0 Å². The molecule has 4 nitrogen and oxygen atoms in total. The molecule has 1 fully saturated rings. The van der Waals surface area contributed by atoms with E-state index in [9.17, 15) is 18.4 Å². The number of benzene rings is 1. The Balaban J connectivity index is 2.38. The first-order chi connectivity index (χ1) is 10.9. The zero-order valence-electron chi connectivity index (χ0n) is 12.7. The first-order valence-corrected chi connectivity index (χ1v) is 8.04. The van der Waals surface area contributed by atoms with Crippen molar-refractivity contribution in [3.05, 3.63) is 33.3 Å². The normalized spacial score (nSPS) is 15.7. The van der Waals surface area contributed by atoms with E-state index in [0.29, 0.717) is 0 Å². The quantitative estimate of drug-likeness (QED) is 0.246. The summed E-state index contributed by atoms with van der Waals surface area (Å²) in [6.45, 7) is 3.02. The molecule has 0 amide bonds. The highest BCUT2D eigenvalue weighted by atomic mass is 79.9. The number of ether oxygens (including phenoxy) is 1. The number of esters is 1. The lowest BCUT2D eigenvalue weighted by atomic mass is 9.96. The van der Waals surface area contributed by atoms with Gasteiger partial charge in [0.05, 0.1) is 16.6 Å². The number of hydrogen-bond donors (Lipinski definition) is 0. The molecule has 0 heterocycles. The first-order valence-electron chi connectivity index (χ1n) is 7.25. The van der Waals surface area contributed by atoms with Gasteiger partial charge < -0.3 is 4.74 Å². The summed E-state index contributed by atoms with van der Waals surface area (Å²) in [4.78, 5) is 28.6. The zero-order valence-corrected chi connectivity index (χ0v) is 14.3. The number of aliphatic imine (C=N–C) groups is 1. The predicted molar refractivity (Wildman–Crippen MR) is 84.8 cm³/mol. The summed E-state index contributed by atoms with van der Waals surface area (Å²) in [7, 11) is 0. The maximum atomic E-state index is 14.3. The second-order valence-corrected chi connectivity index (χ2v) is 6.08. The lowest BCUT2D eigenvalue weighted by molar-refractivity contribution is -0.143. The Morgan fingerprint density at radius 3 is 2.70 bits per heavy atom. The molecule has 0 N–H and O–H groups in total. The van der Waals surface area contributed by atoms with Gasteiger partial charge in [0.25, 0.3) is 0 Å². The van der Waals surface area contributed by atoms with Gasteiger partial charge in [0, 0.05) is 17.8 Å². The number of carbonyl (C=O) groups is 2. The molecule has 0 bridgehead atoms. The average Bonchev–Trinajstić information content (AvgIpc) is 3.33. The SMILES string of the molecule is CCOC(=O)C(C=NC1CC1)C(=O)c1cc(F)c(Br)c(C)c1F. The summed E-state index contributed by atoms with van der Waals surface area (Å²) >= 11 is 2.92. The van der Waals surface area contributed by atoms with E-state index in [1.165, 1.54) is 13.1 Å². The number of ketones is 1. The summed E-state index contributed by atoms with van der Waals surface area (Å²) in [5.41, 5.74) is -0.515. The maximum absolute atomic E-state index is 14.3. The fourth-order valence-electron chi connectivity index (χ4n) is 1.98. The van der Waals surface area contributed by atoms with Gasteiger partial charge in [0.15, 0.2) is 11.7 Å². The Bertz CT molecular complexity index is 672. The molecule has 0 spiro atoms. The summed E-state index contributed by atoms with van der Waals surface area (Å²) in [6, 6.07) is 0.874. The predicted octanol–water partition coefficient (Wildman–Crippen LogP) is 3.63. The van der Waals surface area contributed by atoms with Crippen LogP contribution in [0.15, 0.2) is 15.5 Å². The van der Waals surface area contributed by atoms with Crippen LogP contribution in [-0.2, 0) is 9.53 Å². The smallest absolute Gasteiger partial charge is 0.322 e. The molecule has 1 aliphatic rings. The van der Waals surface area contributed by atoms with E-state index in [4.69, 9.17) is 4.74 Å². The third kappa shape index (κ3) is 4.02. The highest BCUT2D eigenvalue weighted by Crippen LogP contribution is 2.28. The molecule has 2 rings (SSSR count). The molecule has 1 aliphatic carbocycles. The summed E-state index contributed by atoms with van der Waals surface area (Å²) in [5.74, 6) is -4.68. The fraction of sp³-hybridized carbons (Fsp3) is 0.438. The molecule has 0 saturated heterocycles. The molecule has 1 atom stereocenters. The third-order valence-electron chi connectivity index (χ3n) is 3.46. The Labute approximate surface area is 141 Å². The van der Waals surface area contributed by atoms with Crippen LogP contribution in [0.4, 0.5) is 8.78 Å². The van der Waals surface area contributed by atoms with Crippen molar-refractivity contribution < 1.29 is 23.1 Å². The molecular formula is C16H16BrF2NO3.